The summed E-state index contributed by atoms with van der Waals surface area (Å²) in [6.07, 6.45) is 7.14. The van der Waals surface area contributed by atoms with Gasteiger partial charge in [0.1, 0.15) is 0 Å². The van der Waals surface area contributed by atoms with Crippen LogP contribution < -0.4 is 0 Å². The Morgan fingerprint density at radius 1 is 0.667 bits per heavy atom. The van der Waals surface area contributed by atoms with Crippen molar-refractivity contribution >= 4 is 0 Å². The Kier molecular flexibility index (Phi) is 8.19. The lowest BCUT2D eigenvalue weighted by Crippen LogP contribution is -2.11. The van der Waals surface area contributed by atoms with Crippen LogP contribution in [0.15, 0.2) is 0 Å². The monoisotopic (exact) mass is 212 g/mol. The van der Waals surface area contributed by atoms with Crippen molar-refractivity contribution in [1.82, 2.24) is 0 Å². The fraction of sp³-hybridized carbons (Fsp3) is 1.00. The van der Waals surface area contributed by atoms with Gasteiger partial charge in [0.05, 0.1) is 0 Å². The second kappa shape index (κ2) is 8.19. The predicted octanol–water partition coefficient (Wildman–Crippen LogP) is 5.52. The minimum Gasteiger partial charge on any atom is -0.0628 e. The van der Waals surface area contributed by atoms with E-state index in [-0.39, 0.29) is 0 Å². The maximum absolute atomic E-state index is 2.38. The van der Waals surface area contributed by atoms with Crippen molar-refractivity contribution in [3.63, 3.8) is 0 Å². The van der Waals surface area contributed by atoms with E-state index in [2.05, 4.69) is 41.5 Å². The van der Waals surface area contributed by atoms with Crippen LogP contribution in [-0.4, -0.2) is 0 Å². The molecule has 0 aromatic heterocycles. The molecule has 0 saturated heterocycles. The second-order valence-corrected chi connectivity index (χ2v) is 6.31. The lowest BCUT2D eigenvalue weighted by atomic mass is 9.83. The van der Waals surface area contributed by atoms with Gasteiger partial charge in [-0.15, -0.1) is 0 Å². The zero-order valence-corrected chi connectivity index (χ0v) is 11.8. The SMILES string of the molecule is CC(C)CCCC[C@H](CC(C)C)C(C)C. The summed E-state index contributed by atoms with van der Waals surface area (Å²) in [6.45, 7) is 14.1. The number of unbranched alkanes of at least 4 members (excludes halogenated alkanes) is 1. The van der Waals surface area contributed by atoms with Crippen molar-refractivity contribution in [2.75, 3.05) is 0 Å². The summed E-state index contributed by atoms with van der Waals surface area (Å²) in [5.74, 6) is 3.57. The highest BCUT2D eigenvalue weighted by atomic mass is 14.2. The molecule has 0 amide bonds. The van der Waals surface area contributed by atoms with Gasteiger partial charge in [-0.25, -0.2) is 0 Å². The molecule has 0 heterocycles. The average molecular weight is 212 g/mol. The van der Waals surface area contributed by atoms with E-state index in [9.17, 15) is 0 Å². The Labute approximate surface area is 97.8 Å². The van der Waals surface area contributed by atoms with Gasteiger partial charge in [-0.05, 0) is 30.1 Å². The Bertz CT molecular complexity index is 133. The van der Waals surface area contributed by atoms with Crippen LogP contribution in [0.4, 0.5) is 0 Å². The normalized spacial score (nSPS) is 14.2. The maximum atomic E-state index is 2.38. The zero-order valence-electron chi connectivity index (χ0n) is 11.8. The summed E-state index contributed by atoms with van der Waals surface area (Å²) in [6, 6.07) is 0. The van der Waals surface area contributed by atoms with Crippen LogP contribution in [0.1, 0.15) is 73.6 Å². The quantitative estimate of drug-likeness (QED) is 0.465. The molecule has 15 heavy (non-hydrogen) atoms. The van der Waals surface area contributed by atoms with Crippen molar-refractivity contribution in [3.05, 3.63) is 0 Å². The molecule has 0 aliphatic rings. The molecule has 0 saturated carbocycles. The fourth-order valence-electron chi connectivity index (χ4n) is 2.29. The van der Waals surface area contributed by atoms with Gasteiger partial charge >= 0.3 is 0 Å². The molecule has 0 bridgehead atoms. The molecule has 0 radical (unpaired) electrons. The fourth-order valence-corrected chi connectivity index (χ4v) is 2.29. The molecule has 0 unspecified atom stereocenters. The highest BCUT2D eigenvalue weighted by Gasteiger charge is 2.14. The van der Waals surface area contributed by atoms with Crippen molar-refractivity contribution in [1.29, 1.82) is 0 Å². The molecule has 0 aliphatic carbocycles. The molecule has 0 aromatic rings. The van der Waals surface area contributed by atoms with E-state index in [4.69, 9.17) is 0 Å². The van der Waals surface area contributed by atoms with Crippen LogP contribution >= 0.6 is 0 Å². The van der Waals surface area contributed by atoms with E-state index in [0.29, 0.717) is 0 Å². The minimum atomic E-state index is 0.863. The zero-order chi connectivity index (χ0) is 11.8. The Balaban J connectivity index is 3.67. The highest BCUT2D eigenvalue weighted by molar-refractivity contribution is 4.65. The van der Waals surface area contributed by atoms with Crippen molar-refractivity contribution in [2.45, 2.75) is 73.6 Å². The smallest absolute Gasteiger partial charge is 0.0389 e. The maximum Gasteiger partial charge on any atom is -0.0389 e. The van der Waals surface area contributed by atoms with Crippen LogP contribution in [0.3, 0.4) is 0 Å². The van der Waals surface area contributed by atoms with E-state index < -0.39 is 0 Å². The summed E-state index contributed by atoms with van der Waals surface area (Å²) in [5.41, 5.74) is 0. The van der Waals surface area contributed by atoms with Gasteiger partial charge in [0.15, 0.2) is 0 Å². The van der Waals surface area contributed by atoms with Crippen LogP contribution in [0.5, 0.6) is 0 Å². The molecule has 92 valence electrons. The Hall–Kier alpha value is 0. The van der Waals surface area contributed by atoms with Gasteiger partial charge in [-0.2, -0.15) is 0 Å². The van der Waals surface area contributed by atoms with E-state index >= 15 is 0 Å². The van der Waals surface area contributed by atoms with Gasteiger partial charge in [-0.3, -0.25) is 0 Å². The van der Waals surface area contributed by atoms with E-state index in [1.165, 1.54) is 32.1 Å². The van der Waals surface area contributed by atoms with E-state index in [1.807, 2.05) is 0 Å². The van der Waals surface area contributed by atoms with Gasteiger partial charge in [0.25, 0.3) is 0 Å². The van der Waals surface area contributed by atoms with Crippen LogP contribution in [0.2, 0.25) is 0 Å². The number of hydrogen-bond donors (Lipinski definition) is 0. The summed E-state index contributed by atoms with van der Waals surface area (Å²) in [4.78, 5) is 0. The largest absolute Gasteiger partial charge is 0.0628 e. The highest BCUT2D eigenvalue weighted by Crippen LogP contribution is 2.26. The average Bonchev–Trinajstić information content (AvgIpc) is 2.08. The molecule has 0 fully saturated rings. The molecule has 0 rings (SSSR count). The first kappa shape index (κ1) is 15.0. The molecule has 0 nitrogen and oxygen atoms in total. The molecular weight excluding hydrogens is 180 g/mol. The van der Waals surface area contributed by atoms with Gasteiger partial charge in [0.2, 0.25) is 0 Å². The topological polar surface area (TPSA) is 0 Å². The third-order valence-corrected chi connectivity index (χ3v) is 3.32. The molecule has 0 spiro atoms. The van der Waals surface area contributed by atoms with Gasteiger partial charge in [-0.1, -0.05) is 67.2 Å². The predicted molar refractivity (Wildman–Crippen MR) is 71.1 cm³/mol. The first-order valence-corrected chi connectivity index (χ1v) is 6.93. The molecule has 0 aromatic carbocycles. The first-order chi connectivity index (χ1) is 6.93. The molecule has 0 heteroatoms. The van der Waals surface area contributed by atoms with E-state index in [0.717, 1.165) is 23.7 Å². The summed E-state index contributed by atoms with van der Waals surface area (Å²) >= 11 is 0. The standard InChI is InChI=1S/C15H32/c1-12(2)9-7-8-10-15(14(5)6)11-13(3)4/h12-15H,7-11H2,1-6H3/t15-/m1/s1. The van der Waals surface area contributed by atoms with Crippen molar-refractivity contribution in [3.8, 4) is 0 Å². The van der Waals surface area contributed by atoms with E-state index in [1.54, 1.807) is 0 Å². The van der Waals surface area contributed by atoms with Crippen LogP contribution in [0.25, 0.3) is 0 Å². The Morgan fingerprint density at radius 3 is 1.60 bits per heavy atom. The summed E-state index contributed by atoms with van der Waals surface area (Å²) in [7, 11) is 0. The second-order valence-electron chi connectivity index (χ2n) is 6.31. The van der Waals surface area contributed by atoms with Crippen molar-refractivity contribution in [2.24, 2.45) is 23.7 Å². The first-order valence-electron chi connectivity index (χ1n) is 6.93. The van der Waals surface area contributed by atoms with Crippen LogP contribution in [-0.2, 0) is 0 Å². The molecule has 0 N–H and O–H groups in total. The lowest BCUT2D eigenvalue weighted by molar-refractivity contribution is 0.287. The third-order valence-electron chi connectivity index (χ3n) is 3.32. The lowest BCUT2D eigenvalue weighted by Gasteiger charge is -2.22. The van der Waals surface area contributed by atoms with Gasteiger partial charge < -0.3 is 0 Å². The third kappa shape index (κ3) is 8.96. The van der Waals surface area contributed by atoms with Gasteiger partial charge in [0, 0.05) is 0 Å². The van der Waals surface area contributed by atoms with Crippen molar-refractivity contribution < 1.29 is 0 Å². The number of rotatable bonds is 8. The van der Waals surface area contributed by atoms with Crippen LogP contribution in [0, 0.1) is 23.7 Å². The number of hydrogen-bond acceptors (Lipinski definition) is 0. The minimum absolute atomic E-state index is 0.863. The molecular formula is C15H32. The summed E-state index contributed by atoms with van der Waals surface area (Å²) in [5, 5.41) is 0. The molecule has 1 atom stereocenters. The summed E-state index contributed by atoms with van der Waals surface area (Å²) < 4.78 is 0. The molecule has 0 aliphatic heterocycles. The Morgan fingerprint density at radius 2 is 1.20 bits per heavy atom.